The molecule has 1 radical (unpaired) electrons. The van der Waals surface area contributed by atoms with Crippen LogP contribution in [0.1, 0.15) is 40.0 Å². The summed E-state index contributed by atoms with van der Waals surface area (Å²) < 4.78 is 0. The molecule has 0 rings (SSSR count). The van der Waals surface area contributed by atoms with E-state index >= 15 is 0 Å². The van der Waals surface area contributed by atoms with Crippen molar-refractivity contribution in [1.82, 2.24) is 0 Å². The molecule has 0 bridgehead atoms. The molecule has 0 aliphatic carbocycles. The molecule has 75 valence electrons. The van der Waals surface area contributed by atoms with Crippen LogP contribution in [0.3, 0.4) is 0 Å². The quantitative estimate of drug-likeness (QED) is 0.484. The van der Waals surface area contributed by atoms with Crippen molar-refractivity contribution in [3.8, 4) is 0 Å². The smallest absolute Gasteiger partial charge is 0.305 e. The van der Waals surface area contributed by atoms with Crippen LogP contribution in [0.4, 0.5) is 0 Å². The van der Waals surface area contributed by atoms with E-state index in [2.05, 4.69) is 26.8 Å². The van der Waals surface area contributed by atoms with E-state index in [9.17, 15) is 0 Å². The number of nitrogens with two attached hydrogens (primary N) is 1. The normalized spacial score (nSPS) is 14.8. The average molecular weight is 182 g/mol. The lowest BCUT2D eigenvalue weighted by atomic mass is 9.81. The maximum atomic E-state index is 8.64. The summed E-state index contributed by atoms with van der Waals surface area (Å²) >= 11 is 0. The number of hydrogen-bond acceptors (Lipinski definition) is 2. The molecule has 0 saturated heterocycles. The highest BCUT2D eigenvalue weighted by Gasteiger charge is 2.08. The van der Waals surface area contributed by atoms with Crippen molar-refractivity contribution in [3.63, 3.8) is 0 Å². The monoisotopic (exact) mass is 182 g/mol. The molecular weight excluding hydrogens is 161 g/mol. The molecule has 2 atom stereocenters. The molecule has 13 heavy (non-hydrogen) atoms. The fourth-order valence-corrected chi connectivity index (χ4v) is 1.30. The maximum Gasteiger partial charge on any atom is 0.305 e. The van der Waals surface area contributed by atoms with Crippen LogP contribution in [0.15, 0.2) is 11.6 Å². The average Bonchev–Trinajstić information content (AvgIpc) is 2.03. The summed E-state index contributed by atoms with van der Waals surface area (Å²) in [6.07, 6.45) is 5.37. The van der Waals surface area contributed by atoms with Crippen molar-refractivity contribution >= 4 is 7.48 Å². The summed E-state index contributed by atoms with van der Waals surface area (Å²) in [5, 5.41) is 8.64. The van der Waals surface area contributed by atoms with E-state index < -0.39 is 0 Å². The van der Waals surface area contributed by atoms with Gasteiger partial charge in [-0.15, -0.1) is 0 Å². The second-order valence-corrected chi connectivity index (χ2v) is 4.01. The van der Waals surface area contributed by atoms with Gasteiger partial charge in [0.05, 0.1) is 0 Å². The fourth-order valence-electron chi connectivity index (χ4n) is 1.30. The van der Waals surface area contributed by atoms with Gasteiger partial charge in [0.25, 0.3) is 0 Å². The molecule has 0 spiro atoms. The highest BCUT2D eigenvalue weighted by atomic mass is 16.2. The molecule has 0 heterocycles. The summed E-state index contributed by atoms with van der Waals surface area (Å²) in [5.41, 5.74) is 6.95. The van der Waals surface area contributed by atoms with Crippen LogP contribution in [-0.2, 0) is 0 Å². The van der Waals surface area contributed by atoms with Gasteiger partial charge in [0.15, 0.2) is 0 Å². The van der Waals surface area contributed by atoms with Gasteiger partial charge in [0, 0.05) is 5.94 Å². The molecule has 0 aromatic carbocycles. The van der Waals surface area contributed by atoms with Crippen molar-refractivity contribution in [2.75, 3.05) is 0 Å². The van der Waals surface area contributed by atoms with Crippen LogP contribution < -0.4 is 5.73 Å². The molecule has 2 nitrogen and oxygen atoms in total. The van der Waals surface area contributed by atoms with Crippen LogP contribution in [0.25, 0.3) is 0 Å². The Labute approximate surface area is 82.5 Å². The third-order valence-corrected chi connectivity index (χ3v) is 2.08. The minimum Gasteiger partial charge on any atom is -0.453 e. The first kappa shape index (κ1) is 12.7. The maximum absolute atomic E-state index is 8.64. The second kappa shape index (κ2) is 7.16. The van der Waals surface area contributed by atoms with Crippen LogP contribution in [0.2, 0.25) is 0 Å². The fraction of sp³-hybridized carbons (Fsp3) is 0.800. The minimum atomic E-state index is -0.165. The van der Waals surface area contributed by atoms with Gasteiger partial charge in [-0.2, -0.15) is 0 Å². The van der Waals surface area contributed by atoms with Crippen molar-refractivity contribution in [1.29, 1.82) is 0 Å². The third kappa shape index (κ3) is 8.07. The van der Waals surface area contributed by atoms with Gasteiger partial charge in [-0.3, -0.25) is 0 Å². The summed E-state index contributed by atoms with van der Waals surface area (Å²) in [5.74, 6) is 0.413. The third-order valence-electron chi connectivity index (χ3n) is 2.08. The minimum absolute atomic E-state index is 0.165. The van der Waals surface area contributed by atoms with Crippen LogP contribution in [0.5, 0.6) is 0 Å². The lowest BCUT2D eigenvalue weighted by Gasteiger charge is -2.13. The van der Waals surface area contributed by atoms with Crippen molar-refractivity contribution in [3.05, 3.63) is 11.6 Å². The Bertz CT molecular complexity index is 155. The van der Waals surface area contributed by atoms with E-state index in [1.165, 1.54) is 5.57 Å². The first-order chi connectivity index (χ1) is 6.06. The van der Waals surface area contributed by atoms with E-state index in [1.54, 1.807) is 0 Å². The predicted molar refractivity (Wildman–Crippen MR) is 58.4 cm³/mol. The van der Waals surface area contributed by atoms with E-state index in [1.807, 2.05) is 0 Å². The number of rotatable bonds is 6. The van der Waals surface area contributed by atoms with Crippen LogP contribution in [0, 0.1) is 5.92 Å². The van der Waals surface area contributed by atoms with E-state index in [0.717, 1.165) is 26.7 Å². The highest BCUT2D eigenvalue weighted by Crippen LogP contribution is 2.12. The summed E-state index contributed by atoms with van der Waals surface area (Å²) in [7, 11) is 1.08. The second-order valence-electron chi connectivity index (χ2n) is 4.01. The molecule has 3 heteroatoms. The Balaban J connectivity index is 3.51. The van der Waals surface area contributed by atoms with Gasteiger partial charge in [-0.05, 0) is 39.0 Å². The Hall–Kier alpha value is -0.275. The number of allylic oxidation sites excluding steroid dienone is 2. The number of hydrogen-bond donors (Lipinski definition) is 2. The summed E-state index contributed by atoms with van der Waals surface area (Å²) in [4.78, 5) is 0. The van der Waals surface area contributed by atoms with Gasteiger partial charge in [0.1, 0.15) is 0 Å². The zero-order valence-corrected chi connectivity index (χ0v) is 8.96. The SMILES string of the molecule is CC(C)=CCCC(C)C[C@H](N)[B]O. The van der Waals surface area contributed by atoms with E-state index in [4.69, 9.17) is 10.8 Å². The topological polar surface area (TPSA) is 46.2 Å². The van der Waals surface area contributed by atoms with Gasteiger partial charge >= 0.3 is 7.48 Å². The zero-order chi connectivity index (χ0) is 10.3. The van der Waals surface area contributed by atoms with Gasteiger partial charge in [0.2, 0.25) is 0 Å². The molecule has 0 aromatic rings. The van der Waals surface area contributed by atoms with Crippen molar-refractivity contribution in [2.24, 2.45) is 11.7 Å². The zero-order valence-electron chi connectivity index (χ0n) is 8.96. The molecule has 0 aromatic heterocycles. The molecule has 1 unspecified atom stereocenters. The first-order valence-corrected chi connectivity index (χ1v) is 4.92. The molecular formula is C10H21BNO. The first-order valence-electron chi connectivity index (χ1n) is 4.92. The van der Waals surface area contributed by atoms with Gasteiger partial charge in [-0.25, -0.2) is 0 Å². The summed E-state index contributed by atoms with van der Waals surface area (Å²) in [6, 6.07) is 0. The Morgan fingerprint density at radius 3 is 2.62 bits per heavy atom. The molecule has 0 amide bonds. The van der Waals surface area contributed by atoms with E-state index in [0.29, 0.717) is 5.92 Å². The van der Waals surface area contributed by atoms with Crippen molar-refractivity contribution in [2.45, 2.75) is 46.0 Å². The van der Waals surface area contributed by atoms with Gasteiger partial charge < -0.3 is 10.8 Å². The Morgan fingerprint density at radius 1 is 1.54 bits per heavy atom. The molecule has 3 N–H and O–H groups in total. The molecule has 0 aliphatic rings. The van der Waals surface area contributed by atoms with Crippen molar-refractivity contribution < 1.29 is 5.02 Å². The Kier molecular flexibility index (Phi) is 7.01. The van der Waals surface area contributed by atoms with Crippen LogP contribution in [-0.4, -0.2) is 18.4 Å². The predicted octanol–water partition coefficient (Wildman–Crippen LogP) is 1.66. The molecule has 0 aliphatic heterocycles. The highest BCUT2D eigenvalue weighted by molar-refractivity contribution is 6.27. The Morgan fingerprint density at radius 2 is 2.15 bits per heavy atom. The summed E-state index contributed by atoms with van der Waals surface area (Å²) in [6.45, 7) is 6.39. The lowest BCUT2D eigenvalue weighted by molar-refractivity contribution is 0.466. The standard InChI is InChI=1S/C10H21BNO/c1-8(2)5-4-6-9(3)7-10(12)11-13/h5,9-10,13H,4,6-7,12H2,1-3H3/t9?,10-/m0/s1. The lowest BCUT2D eigenvalue weighted by Crippen LogP contribution is -2.29. The molecule has 0 saturated carbocycles. The van der Waals surface area contributed by atoms with Gasteiger partial charge in [-0.1, -0.05) is 18.6 Å². The molecule has 0 fully saturated rings. The van der Waals surface area contributed by atoms with E-state index in [-0.39, 0.29) is 5.94 Å². The van der Waals surface area contributed by atoms with Crippen LogP contribution >= 0.6 is 0 Å². The largest absolute Gasteiger partial charge is 0.453 e.